The molecule has 0 saturated carbocycles. The van der Waals surface area contributed by atoms with Crippen molar-refractivity contribution >= 4 is 11.4 Å². The fraction of sp³-hybridized carbons (Fsp3) is 0. The van der Waals surface area contributed by atoms with Crippen molar-refractivity contribution in [3.8, 4) is 22.6 Å². The van der Waals surface area contributed by atoms with E-state index < -0.39 is 21.3 Å². The molecule has 8 heteroatoms. The van der Waals surface area contributed by atoms with Gasteiger partial charge in [-0.2, -0.15) is 0 Å². The van der Waals surface area contributed by atoms with Crippen molar-refractivity contribution in [2.45, 2.75) is 0 Å². The molecule has 0 unspecified atom stereocenters. The molecule has 8 nitrogen and oxygen atoms in total. The van der Waals surface area contributed by atoms with Crippen molar-refractivity contribution in [1.82, 2.24) is 0 Å². The Hall–Kier alpha value is -3.16. The van der Waals surface area contributed by atoms with E-state index in [2.05, 4.69) is 0 Å². The molecule has 102 valence electrons. The molecule has 0 radical (unpaired) electrons. The normalized spacial score (nSPS) is 10.2. The molecular weight excluding hydrogens is 268 g/mol. The van der Waals surface area contributed by atoms with E-state index in [0.29, 0.717) is 0 Å². The molecule has 0 bridgehead atoms. The van der Waals surface area contributed by atoms with E-state index in [1.165, 1.54) is 18.2 Å². The first-order valence-electron chi connectivity index (χ1n) is 5.35. The van der Waals surface area contributed by atoms with Gasteiger partial charge in [0, 0.05) is 6.07 Å². The topological polar surface area (TPSA) is 127 Å². The van der Waals surface area contributed by atoms with E-state index >= 15 is 0 Å². The van der Waals surface area contributed by atoms with Crippen LogP contribution >= 0.6 is 0 Å². The minimum Gasteiger partial charge on any atom is -0.508 e. The summed E-state index contributed by atoms with van der Waals surface area (Å²) >= 11 is 0. The maximum Gasteiger partial charge on any atom is 0.311 e. The Balaban J connectivity index is 2.66. The van der Waals surface area contributed by atoms with Gasteiger partial charge in [0.15, 0.2) is 5.75 Å². The summed E-state index contributed by atoms with van der Waals surface area (Å²) in [4.78, 5) is 20.2. The molecule has 0 spiro atoms. The van der Waals surface area contributed by atoms with Crippen LogP contribution in [0.5, 0.6) is 11.5 Å². The van der Waals surface area contributed by atoms with Gasteiger partial charge in [-0.15, -0.1) is 0 Å². The average molecular weight is 276 g/mol. The second kappa shape index (κ2) is 4.84. The van der Waals surface area contributed by atoms with Gasteiger partial charge in [-0.1, -0.05) is 0 Å². The minimum absolute atomic E-state index is 0.107. The van der Waals surface area contributed by atoms with Gasteiger partial charge in [0.25, 0.3) is 5.69 Å². The Labute approximate surface area is 111 Å². The molecule has 0 aromatic heterocycles. The summed E-state index contributed by atoms with van der Waals surface area (Å²) in [6, 6.07) is 6.92. The highest BCUT2D eigenvalue weighted by molar-refractivity contribution is 5.77. The van der Waals surface area contributed by atoms with Crippen LogP contribution in [0.3, 0.4) is 0 Å². The van der Waals surface area contributed by atoms with Gasteiger partial charge in [-0.25, -0.2) is 0 Å². The van der Waals surface area contributed by atoms with Gasteiger partial charge in [0.2, 0.25) is 0 Å². The molecule has 2 aromatic carbocycles. The molecule has 2 rings (SSSR count). The molecule has 0 atom stereocenters. The number of nitrogens with zero attached hydrogens (tertiary/aromatic N) is 2. The predicted molar refractivity (Wildman–Crippen MR) is 68.5 cm³/mol. The summed E-state index contributed by atoms with van der Waals surface area (Å²) in [7, 11) is 0. The fourth-order valence-electron chi connectivity index (χ4n) is 1.75. The number of phenols is 2. The summed E-state index contributed by atoms with van der Waals surface area (Å²) in [5.41, 5.74) is -0.632. The molecule has 0 aliphatic rings. The predicted octanol–water partition coefficient (Wildman–Crippen LogP) is 2.58. The molecule has 0 amide bonds. The number of nitro groups is 2. The SMILES string of the molecule is O=[N+]([O-])c1cc(-c2ccc(O)cc2[N+](=O)[O-])ccc1O. The monoisotopic (exact) mass is 276 g/mol. The van der Waals surface area contributed by atoms with E-state index in [0.717, 1.165) is 18.2 Å². The summed E-state index contributed by atoms with van der Waals surface area (Å²) in [6.45, 7) is 0. The van der Waals surface area contributed by atoms with Crippen molar-refractivity contribution in [3.05, 3.63) is 56.6 Å². The fourth-order valence-corrected chi connectivity index (χ4v) is 1.75. The number of nitro benzene ring substituents is 2. The zero-order valence-corrected chi connectivity index (χ0v) is 9.89. The van der Waals surface area contributed by atoms with Gasteiger partial charge >= 0.3 is 5.69 Å². The second-order valence-corrected chi connectivity index (χ2v) is 3.92. The molecule has 2 aromatic rings. The molecule has 0 heterocycles. The van der Waals surface area contributed by atoms with E-state index in [4.69, 9.17) is 0 Å². The van der Waals surface area contributed by atoms with Crippen LogP contribution in [0.2, 0.25) is 0 Å². The number of hydrogen-bond donors (Lipinski definition) is 2. The summed E-state index contributed by atoms with van der Waals surface area (Å²) in [5, 5.41) is 40.3. The lowest BCUT2D eigenvalue weighted by Gasteiger charge is -2.04. The van der Waals surface area contributed by atoms with Crippen LogP contribution < -0.4 is 0 Å². The van der Waals surface area contributed by atoms with Gasteiger partial charge in [0.05, 0.1) is 21.5 Å². The molecule has 0 aliphatic heterocycles. The maximum absolute atomic E-state index is 10.9. The highest BCUT2D eigenvalue weighted by Crippen LogP contribution is 2.36. The Bertz CT molecular complexity index is 713. The Morgan fingerprint density at radius 3 is 2.10 bits per heavy atom. The molecule has 2 N–H and O–H groups in total. The molecule has 0 fully saturated rings. The van der Waals surface area contributed by atoms with Gasteiger partial charge < -0.3 is 10.2 Å². The van der Waals surface area contributed by atoms with Crippen LogP contribution in [-0.2, 0) is 0 Å². The van der Waals surface area contributed by atoms with Crippen LogP contribution in [0.1, 0.15) is 0 Å². The standard InChI is InChI=1S/C12H8N2O6/c15-8-2-3-9(10(6-8)13(17)18)7-1-4-12(16)11(5-7)14(19)20/h1-6,15-16H. The van der Waals surface area contributed by atoms with Gasteiger partial charge in [0.1, 0.15) is 5.75 Å². The molecule has 0 saturated heterocycles. The third kappa shape index (κ3) is 2.34. The van der Waals surface area contributed by atoms with E-state index in [-0.39, 0.29) is 22.6 Å². The summed E-state index contributed by atoms with van der Waals surface area (Å²) < 4.78 is 0. The van der Waals surface area contributed by atoms with Gasteiger partial charge in [-0.05, 0) is 29.8 Å². The second-order valence-electron chi connectivity index (χ2n) is 3.92. The van der Waals surface area contributed by atoms with Crippen molar-refractivity contribution in [2.75, 3.05) is 0 Å². The number of benzene rings is 2. The summed E-state index contributed by atoms with van der Waals surface area (Å²) in [6.07, 6.45) is 0. The van der Waals surface area contributed by atoms with Crippen LogP contribution in [0.15, 0.2) is 36.4 Å². The number of hydrogen-bond acceptors (Lipinski definition) is 6. The van der Waals surface area contributed by atoms with Crippen molar-refractivity contribution in [3.63, 3.8) is 0 Å². The lowest BCUT2D eigenvalue weighted by molar-refractivity contribution is -0.385. The smallest absolute Gasteiger partial charge is 0.311 e. The first-order chi connectivity index (χ1) is 9.40. The highest BCUT2D eigenvalue weighted by atomic mass is 16.6. The van der Waals surface area contributed by atoms with E-state index in [1.54, 1.807) is 0 Å². The average Bonchev–Trinajstić information content (AvgIpc) is 2.39. The van der Waals surface area contributed by atoms with Crippen LogP contribution in [0, 0.1) is 20.2 Å². The largest absolute Gasteiger partial charge is 0.508 e. The molecule has 0 aliphatic carbocycles. The number of phenolic OH excluding ortho intramolecular Hbond substituents is 2. The lowest BCUT2D eigenvalue weighted by atomic mass is 10.0. The summed E-state index contributed by atoms with van der Waals surface area (Å²) in [5.74, 6) is -0.811. The molecular formula is C12H8N2O6. The Kier molecular flexibility index (Phi) is 3.21. The number of aromatic hydroxyl groups is 2. The maximum atomic E-state index is 10.9. The Morgan fingerprint density at radius 1 is 0.850 bits per heavy atom. The first-order valence-corrected chi connectivity index (χ1v) is 5.35. The number of rotatable bonds is 3. The van der Waals surface area contributed by atoms with E-state index in [1.807, 2.05) is 0 Å². The van der Waals surface area contributed by atoms with Crippen molar-refractivity contribution in [1.29, 1.82) is 0 Å². The van der Waals surface area contributed by atoms with Crippen molar-refractivity contribution in [2.24, 2.45) is 0 Å². The Morgan fingerprint density at radius 2 is 1.50 bits per heavy atom. The molecule has 20 heavy (non-hydrogen) atoms. The third-order valence-corrected chi connectivity index (χ3v) is 2.66. The van der Waals surface area contributed by atoms with Crippen LogP contribution in [-0.4, -0.2) is 20.1 Å². The quantitative estimate of drug-likeness (QED) is 0.655. The lowest BCUT2D eigenvalue weighted by Crippen LogP contribution is -1.93. The van der Waals surface area contributed by atoms with Gasteiger partial charge in [-0.3, -0.25) is 20.2 Å². The van der Waals surface area contributed by atoms with Crippen LogP contribution in [0.25, 0.3) is 11.1 Å². The zero-order valence-electron chi connectivity index (χ0n) is 9.89. The van der Waals surface area contributed by atoms with Crippen molar-refractivity contribution < 1.29 is 20.1 Å². The first kappa shape index (κ1) is 13.3. The zero-order chi connectivity index (χ0) is 14.9. The van der Waals surface area contributed by atoms with E-state index in [9.17, 15) is 30.4 Å². The highest BCUT2D eigenvalue weighted by Gasteiger charge is 2.20. The van der Waals surface area contributed by atoms with Crippen LogP contribution in [0.4, 0.5) is 11.4 Å². The third-order valence-electron chi connectivity index (χ3n) is 2.66. The minimum atomic E-state index is -0.787.